The Kier molecular flexibility index (Phi) is 19.6. The Bertz CT molecular complexity index is 488. The molecule has 0 aliphatic rings. The van der Waals surface area contributed by atoms with Gasteiger partial charge in [0.15, 0.2) is 0 Å². The van der Waals surface area contributed by atoms with Gasteiger partial charge in [0.2, 0.25) is 0 Å². The summed E-state index contributed by atoms with van der Waals surface area (Å²) < 4.78 is 25.5. The van der Waals surface area contributed by atoms with Crippen LogP contribution < -0.4 is 5.73 Å². The third kappa shape index (κ3) is 20.5. The van der Waals surface area contributed by atoms with Gasteiger partial charge in [-0.25, -0.2) is 4.57 Å². The molecule has 8 nitrogen and oxygen atoms in total. The van der Waals surface area contributed by atoms with E-state index in [1.807, 2.05) is 0 Å². The molecule has 0 fully saturated rings. The third-order valence-corrected chi connectivity index (χ3v) is 5.37. The van der Waals surface area contributed by atoms with Crippen molar-refractivity contribution in [2.75, 3.05) is 26.4 Å². The van der Waals surface area contributed by atoms with Crippen LogP contribution in [0.5, 0.6) is 0 Å². The Labute approximate surface area is 181 Å². The topological polar surface area (TPSA) is 128 Å². The number of unbranched alkanes of at least 4 members (excludes halogenated alkanes) is 9. The maximum absolute atomic E-state index is 11.7. The second kappa shape index (κ2) is 20.2. The number of carbonyl (C=O) groups excluding carboxylic acids is 1. The predicted octanol–water partition coefficient (Wildman–Crippen LogP) is 4.24. The fourth-order valence-corrected chi connectivity index (χ4v) is 3.45. The molecule has 0 amide bonds. The minimum Gasteiger partial charge on any atom is -0.463 e. The van der Waals surface area contributed by atoms with E-state index < -0.39 is 26.5 Å². The molecule has 4 N–H and O–H groups in total. The summed E-state index contributed by atoms with van der Waals surface area (Å²) in [6.07, 6.45) is 16.3. The smallest absolute Gasteiger partial charge is 0.463 e. The number of aliphatic hydroxyl groups excluding tert-OH is 1. The summed E-state index contributed by atoms with van der Waals surface area (Å²) in [5, 5.41) is 9.65. The van der Waals surface area contributed by atoms with Gasteiger partial charge in [0.05, 0.1) is 13.2 Å². The molecule has 2 atom stereocenters. The van der Waals surface area contributed by atoms with Crippen LogP contribution in [0.15, 0.2) is 12.2 Å². The van der Waals surface area contributed by atoms with Crippen molar-refractivity contribution in [3.63, 3.8) is 0 Å². The molecule has 0 aromatic carbocycles. The zero-order chi connectivity index (χ0) is 22.5. The van der Waals surface area contributed by atoms with Crippen LogP contribution in [0.3, 0.4) is 0 Å². The molecule has 9 heteroatoms. The van der Waals surface area contributed by atoms with Crippen molar-refractivity contribution in [3.05, 3.63) is 12.2 Å². The van der Waals surface area contributed by atoms with Crippen molar-refractivity contribution in [3.8, 4) is 0 Å². The first-order chi connectivity index (χ1) is 14.4. The van der Waals surface area contributed by atoms with Gasteiger partial charge in [-0.05, 0) is 32.1 Å². The lowest BCUT2D eigenvalue weighted by Crippen LogP contribution is -2.23. The van der Waals surface area contributed by atoms with Crippen LogP contribution in [-0.4, -0.2) is 48.4 Å². The maximum Gasteiger partial charge on any atom is 0.472 e. The number of nitrogens with two attached hydrogens (primary N) is 1. The standard InChI is InChI=1S/C21H42NO7P/c1-2-3-4-5-6-7-8-9-10-11-12-13-14-15-21(24)27-18-20(23)19-29-30(25,26)28-17-16-22/h7-8,20,23H,2-6,9-19,22H2,1H3,(H,25,26)/b8-7+/t20-/m1/s1. The third-order valence-electron chi connectivity index (χ3n) is 4.38. The summed E-state index contributed by atoms with van der Waals surface area (Å²) in [7, 11) is -4.24. The summed E-state index contributed by atoms with van der Waals surface area (Å²) in [6, 6.07) is 0. The summed E-state index contributed by atoms with van der Waals surface area (Å²) >= 11 is 0. The normalized spacial score (nSPS) is 14.7. The second-order valence-corrected chi connectivity index (χ2v) is 8.80. The van der Waals surface area contributed by atoms with Crippen LogP contribution in [-0.2, 0) is 23.1 Å². The quantitative estimate of drug-likeness (QED) is 0.102. The van der Waals surface area contributed by atoms with E-state index in [4.69, 9.17) is 10.5 Å². The van der Waals surface area contributed by atoms with Gasteiger partial charge in [0, 0.05) is 13.0 Å². The molecule has 1 unspecified atom stereocenters. The van der Waals surface area contributed by atoms with Crippen LogP contribution in [0, 0.1) is 0 Å². The van der Waals surface area contributed by atoms with E-state index >= 15 is 0 Å². The zero-order valence-corrected chi connectivity index (χ0v) is 19.4. The van der Waals surface area contributed by atoms with Crippen LogP contribution in [0.25, 0.3) is 0 Å². The summed E-state index contributed by atoms with van der Waals surface area (Å²) in [5.74, 6) is -0.397. The molecule has 0 aromatic heterocycles. The van der Waals surface area contributed by atoms with E-state index in [9.17, 15) is 19.4 Å². The number of ether oxygens (including phenoxy) is 1. The van der Waals surface area contributed by atoms with Crippen molar-refractivity contribution in [2.45, 2.75) is 90.1 Å². The molecule has 0 saturated carbocycles. The average Bonchev–Trinajstić information content (AvgIpc) is 2.72. The number of esters is 1. The molecule has 0 radical (unpaired) electrons. The van der Waals surface area contributed by atoms with Crippen molar-refractivity contribution in [1.82, 2.24) is 0 Å². The number of aliphatic hydroxyl groups is 1. The molecule has 0 bridgehead atoms. The first-order valence-corrected chi connectivity index (χ1v) is 12.7. The molecule has 30 heavy (non-hydrogen) atoms. The van der Waals surface area contributed by atoms with Crippen molar-refractivity contribution in [2.24, 2.45) is 5.73 Å². The fraction of sp³-hybridized carbons (Fsp3) is 0.857. The highest BCUT2D eigenvalue weighted by Gasteiger charge is 2.22. The highest BCUT2D eigenvalue weighted by Crippen LogP contribution is 2.42. The lowest BCUT2D eigenvalue weighted by Gasteiger charge is -2.15. The molecular formula is C21H42NO7P. The van der Waals surface area contributed by atoms with Gasteiger partial charge in [-0.2, -0.15) is 0 Å². The fourth-order valence-electron chi connectivity index (χ4n) is 2.68. The highest BCUT2D eigenvalue weighted by molar-refractivity contribution is 7.47. The molecule has 0 spiro atoms. The van der Waals surface area contributed by atoms with E-state index in [1.165, 1.54) is 38.5 Å². The number of allylic oxidation sites excluding steroid dienone is 2. The molecule has 0 aliphatic heterocycles. The molecule has 178 valence electrons. The van der Waals surface area contributed by atoms with Gasteiger partial charge < -0.3 is 20.5 Å². The molecule has 0 saturated heterocycles. The minimum atomic E-state index is -4.24. The lowest BCUT2D eigenvalue weighted by molar-refractivity contribution is -0.147. The minimum absolute atomic E-state index is 0.0737. The largest absolute Gasteiger partial charge is 0.472 e. The predicted molar refractivity (Wildman–Crippen MR) is 118 cm³/mol. The van der Waals surface area contributed by atoms with E-state index in [0.717, 1.165) is 32.1 Å². The number of hydrogen-bond acceptors (Lipinski definition) is 7. The summed E-state index contributed by atoms with van der Waals surface area (Å²) in [6.45, 7) is 1.40. The Morgan fingerprint density at radius 1 is 0.967 bits per heavy atom. The summed E-state index contributed by atoms with van der Waals surface area (Å²) in [5.41, 5.74) is 5.16. The number of hydrogen-bond donors (Lipinski definition) is 3. The van der Waals surface area contributed by atoms with Crippen molar-refractivity contribution >= 4 is 13.8 Å². The Morgan fingerprint density at radius 3 is 2.20 bits per heavy atom. The van der Waals surface area contributed by atoms with Gasteiger partial charge in [0.1, 0.15) is 12.7 Å². The van der Waals surface area contributed by atoms with Crippen molar-refractivity contribution < 1.29 is 33.1 Å². The first kappa shape index (κ1) is 29.2. The Hall–Kier alpha value is -0.760. The van der Waals surface area contributed by atoms with Gasteiger partial charge >= 0.3 is 13.8 Å². The van der Waals surface area contributed by atoms with Gasteiger partial charge in [-0.1, -0.05) is 57.6 Å². The second-order valence-electron chi connectivity index (χ2n) is 7.35. The highest BCUT2D eigenvalue weighted by atomic mass is 31.2. The number of phosphoric ester groups is 1. The van der Waals surface area contributed by atoms with E-state index in [0.29, 0.717) is 6.42 Å². The Balaban J connectivity index is 3.52. The van der Waals surface area contributed by atoms with Crippen molar-refractivity contribution in [1.29, 1.82) is 0 Å². The van der Waals surface area contributed by atoms with Crippen LogP contribution in [0.1, 0.15) is 84.0 Å². The SMILES string of the molecule is CCCCCC/C=C/CCCCCCCC(=O)OC[C@@H](O)COP(=O)(O)OCCN. The number of rotatable bonds is 21. The lowest BCUT2D eigenvalue weighted by atomic mass is 10.1. The van der Waals surface area contributed by atoms with E-state index in [1.54, 1.807) is 0 Å². The number of phosphoric acid groups is 1. The van der Waals surface area contributed by atoms with Gasteiger partial charge in [-0.3, -0.25) is 13.8 Å². The zero-order valence-electron chi connectivity index (χ0n) is 18.5. The monoisotopic (exact) mass is 451 g/mol. The van der Waals surface area contributed by atoms with Crippen LogP contribution in [0.4, 0.5) is 0 Å². The van der Waals surface area contributed by atoms with Gasteiger partial charge in [0.25, 0.3) is 0 Å². The van der Waals surface area contributed by atoms with Crippen LogP contribution >= 0.6 is 7.82 Å². The van der Waals surface area contributed by atoms with Gasteiger partial charge in [-0.15, -0.1) is 0 Å². The average molecular weight is 452 g/mol. The molecule has 0 aliphatic carbocycles. The number of carbonyl (C=O) groups is 1. The molecular weight excluding hydrogens is 409 g/mol. The van der Waals surface area contributed by atoms with E-state index in [-0.39, 0.29) is 19.8 Å². The Morgan fingerprint density at radius 2 is 1.57 bits per heavy atom. The maximum atomic E-state index is 11.7. The molecule has 0 heterocycles. The first-order valence-electron chi connectivity index (χ1n) is 11.2. The molecule has 0 rings (SSSR count). The summed E-state index contributed by atoms with van der Waals surface area (Å²) in [4.78, 5) is 21.0. The molecule has 0 aromatic rings. The van der Waals surface area contributed by atoms with E-state index in [2.05, 4.69) is 28.1 Å². The van der Waals surface area contributed by atoms with Crippen LogP contribution in [0.2, 0.25) is 0 Å².